The van der Waals surface area contributed by atoms with Gasteiger partial charge in [-0.2, -0.15) is 0 Å². The molecular formula is C15H23N5O2S. The van der Waals surface area contributed by atoms with Crippen molar-refractivity contribution < 1.29 is 8.42 Å². The Labute approximate surface area is 136 Å². The van der Waals surface area contributed by atoms with Gasteiger partial charge in [-0.3, -0.25) is 4.40 Å². The van der Waals surface area contributed by atoms with E-state index in [0.29, 0.717) is 19.4 Å². The molecule has 8 heteroatoms. The smallest absolute Gasteiger partial charge is 0.219 e. The molecule has 3 rings (SSSR count). The van der Waals surface area contributed by atoms with E-state index in [9.17, 15) is 8.42 Å². The number of hydrogen-bond acceptors (Lipinski definition) is 5. The van der Waals surface area contributed by atoms with Crippen LogP contribution < -0.4 is 10.0 Å². The van der Waals surface area contributed by atoms with E-state index in [1.165, 1.54) is 0 Å². The minimum absolute atomic E-state index is 0.371. The fourth-order valence-corrected chi connectivity index (χ4v) is 4.98. The molecule has 0 saturated heterocycles. The van der Waals surface area contributed by atoms with E-state index in [1.54, 1.807) is 6.33 Å². The first-order valence-corrected chi connectivity index (χ1v) is 9.27. The van der Waals surface area contributed by atoms with Crippen LogP contribution in [0.25, 0.3) is 5.65 Å². The Morgan fingerprint density at radius 3 is 2.65 bits per heavy atom. The van der Waals surface area contributed by atoms with E-state index in [2.05, 4.69) is 20.2 Å². The van der Waals surface area contributed by atoms with E-state index in [4.69, 9.17) is 0 Å². The van der Waals surface area contributed by atoms with Crippen LogP contribution in [0.3, 0.4) is 0 Å². The normalized spacial score (nSPS) is 17.9. The van der Waals surface area contributed by atoms with Crippen molar-refractivity contribution in [3.05, 3.63) is 24.5 Å². The van der Waals surface area contributed by atoms with Gasteiger partial charge in [-0.25, -0.2) is 13.1 Å². The van der Waals surface area contributed by atoms with Crippen LogP contribution in [0.1, 0.15) is 40.0 Å². The van der Waals surface area contributed by atoms with Crippen LogP contribution in [0.2, 0.25) is 0 Å². The molecule has 0 radical (unpaired) electrons. The van der Waals surface area contributed by atoms with Gasteiger partial charge >= 0.3 is 0 Å². The first-order chi connectivity index (χ1) is 10.7. The highest BCUT2D eigenvalue weighted by Gasteiger charge is 2.49. The number of rotatable bonds is 5. The molecule has 0 amide bonds. The van der Waals surface area contributed by atoms with Crippen molar-refractivity contribution in [2.75, 3.05) is 11.9 Å². The fraction of sp³-hybridized carbons (Fsp3) is 0.600. The lowest BCUT2D eigenvalue weighted by atomic mass is 9.84. The lowest BCUT2D eigenvalue weighted by Crippen LogP contribution is -2.58. The summed E-state index contributed by atoms with van der Waals surface area (Å²) in [5.74, 6) is 0.796. The summed E-state index contributed by atoms with van der Waals surface area (Å²) in [7, 11) is -3.41. The maximum absolute atomic E-state index is 12.8. The minimum Gasteiger partial charge on any atom is -0.369 e. The van der Waals surface area contributed by atoms with E-state index in [1.807, 2.05) is 43.4 Å². The van der Waals surface area contributed by atoms with Gasteiger partial charge in [0.1, 0.15) is 16.9 Å². The Balaban J connectivity index is 1.81. The van der Waals surface area contributed by atoms with Crippen molar-refractivity contribution in [2.45, 2.75) is 50.3 Å². The molecule has 2 heterocycles. The molecule has 0 spiro atoms. The summed E-state index contributed by atoms with van der Waals surface area (Å²) in [6.07, 6.45) is 3.89. The molecule has 2 aromatic rings. The molecule has 1 aliphatic carbocycles. The number of pyridine rings is 1. The average Bonchev–Trinajstić information content (AvgIpc) is 2.82. The lowest BCUT2D eigenvalue weighted by Gasteiger charge is -2.42. The van der Waals surface area contributed by atoms with Crippen LogP contribution in [0.15, 0.2) is 24.5 Å². The lowest BCUT2D eigenvalue weighted by molar-refractivity contribution is 0.339. The molecule has 1 fully saturated rings. The first kappa shape index (κ1) is 16.2. The molecule has 126 valence electrons. The Kier molecular flexibility index (Phi) is 3.84. The Hall–Kier alpha value is -1.67. The minimum atomic E-state index is -3.41. The van der Waals surface area contributed by atoms with Crippen LogP contribution >= 0.6 is 0 Å². The summed E-state index contributed by atoms with van der Waals surface area (Å²) in [5, 5.41) is 11.1. The molecule has 1 aliphatic rings. The molecule has 0 aromatic carbocycles. The molecule has 7 nitrogen and oxygen atoms in total. The Bertz CT molecular complexity index is 803. The Morgan fingerprint density at radius 1 is 1.30 bits per heavy atom. The fourth-order valence-electron chi connectivity index (χ4n) is 2.87. The van der Waals surface area contributed by atoms with Gasteiger partial charge in [-0.15, -0.1) is 10.2 Å². The number of hydrogen-bond donors (Lipinski definition) is 2. The number of anilines is 1. The molecule has 0 unspecified atom stereocenters. The van der Waals surface area contributed by atoms with Crippen LogP contribution in [-0.2, 0) is 10.0 Å². The topological polar surface area (TPSA) is 88.4 Å². The van der Waals surface area contributed by atoms with Crippen molar-refractivity contribution in [1.29, 1.82) is 0 Å². The molecular weight excluding hydrogens is 314 g/mol. The third-order valence-electron chi connectivity index (χ3n) is 4.20. The average molecular weight is 337 g/mol. The quantitative estimate of drug-likeness (QED) is 0.868. The highest BCUT2D eigenvalue weighted by molar-refractivity contribution is 7.91. The van der Waals surface area contributed by atoms with Gasteiger partial charge in [-0.05, 0) is 45.7 Å². The molecule has 23 heavy (non-hydrogen) atoms. The maximum Gasteiger partial charge on any atom is 0.219 e. The summed E-state index contributed by atoms with van der Waals surface area (Å²) < 4.78 is 29.5. The summed E-state index contributed by atoms with van der Waals surface area (Å²) in [4.78, 5) is 0. The van der Waals surface area contributed by atoms with Crippen LogP contribution in [-0.4, -0.2) is 39.8 Å². The molecule has 2 aromatic heterocycles. The van der Waals surface area contributed by atoms with Crippen molar-refractivity contribution in [1.82, 2.24) is 19.3 Å². The first-order valence-electron chi connectivity index (χ1n) is 7.79. The van der Waals surface area contributed by atoms with Gasteiger partial charge in [0, 0.05) is 12.1 Å². The summed E-state index contributed by atoms with van der Waals surface area (Å²) in [5.41, 5.74) is 0.253. The van der Waals surface area contributed by atoms with Crippen molar-refractivity contribution in [3.8, 4) is 0 Å². The second kappa shape index (κ2) is 5.45. The van der Waals surface area contributed by atoms with E-state index < -0.39 is 20.3 Å². The zero-order valence-corrected chi connectivity index (χ0v) is 14.5. The second-order valence-electron chi connectivity index (χ2n) is 7.22. The van der Waals surface area contributed by atoms with Crippen LogP contribution in [0.4, 0.5) is 5.82 Å². The summed E-state index contributed by atoms with van der Waals surface area (Å²) in [6, 6.07) is 5.63. The van der Waals surface area contributed by atoms with Crippen LogP contribution in [0, 0.1) is 0 Å². The third-order valence-corrected chi connectivity index (χ3v) is 6.77. The highest BCUT2D eigenvalue weighted by atomic mass is 32.2. The largest absolute Gasteiger partial charge is 0.369 e. The predicted octanol–water partition coefficient (Wildman–Crippen LogP) is 1.78. The molecule has 1 saturated carbocycles. The zero-order valence-electron chi connectivity index (χ0n) is 13.7. The van der Waals surface area contributed by atoms with Crippen molar-refractivity contribution in [3.63, 3.8) is 0 Å². The van der Waals surface area contributed by atoms with Gasteiger partial charge in [0.05, 0.1) is 0 Å². The number of fused-ring (bicyclic) bond motifs is 1. The van der Waals surface area contributed by atoms with Gasteiger partial charge in [0.25, 0.3) is 0 Å². The zero-order chi connectivity index (χ0) is 16.7. The molecule has 0 bridgehead atoms. The maximum atomic E-state index is 12.8. The predicted molar refractivity (Wildman–Crippen MR) is 89.9 cm³/mol. The second-order valence-corrected chi connectivity index (χ2v) is 9.29. The van der Waals surface area contributed by atoms with Crippen LogP contribution in [0.5, 0.6) is 0 Å². The van der Waals surface area contributed by atoms with E-state index >= 15 is 0 Å². The van der Waals surface area contributed by atoms with E-state index in [-0.39, 0.29) is 0 Å². The van der Waals surface area contributed by atoms with Gasteiger partial charge in [0.15, 0.2) is 5.65 Å². The van der Waals surface area contributed by atoms with Gasteiger partial charge in [0.2, 0.25) is 10.0 Å². The highest BCUT2D eigenvalue weighted by Crippen LogP contribution is 2.39. The summed E-state index contributed by atoms with van der Waals surface area (Å²) in [6.45, 7) is 5.96. The molecule has 0 atom stereocenters. The van der Waals surface area contributed by atoms with E-state index in [0.717, 1.165) is 17.9 Å². The number of nitrogens with one attached hydrogen (secondary N) is 2. The van der Waals surface area contributed by atoms with Gasteiger partial charge in [-0.1, -0.05) is 12.5 Å². The van der Waals surface area contributed by atoms with Crippen molar-refractivity contribution >= 4 is 21.5 Å². The number of nitrogens with zero attached hydrogens (tertiary/aromatic N) is 3. The molecule has 2 N–H and O–H groups in total. The standard InChI is InChI=1S/C15H23N5O2S/c1-14(2,3)19-23(21,22)15(8-5-9-15)10-16-12-6-4-7-13-18-17-11-20(12)13/h4,6-7,11,16,19H,5,8-10H2,1-3H3. The Morgan fingerprint density at radius 2 is 2.04 bits per heavy atom. The number of aromatic nitrogens is 3. The molecule has 0 aliphatic heterocycles. The third kappa shape index (κ3) is 3.05. The van der Waals surface area contributed by atoms with Crippen molar-refractivity contribution in [2.24, 2.45) is 0 Å². The van der Waals surface area contributed by atoms with Gasteiger partial charge < -0.3 is 5.32 Å². The number of sulfonamides is 1. The summed E-state index contributed by atoms with van der Waals surface area (Å²) >= 11 is 0. The SMILES string of the molecule is CC(C)(C)NS(=O)(=O)C1(CNc2cccc3nncn23)CCC1. The monoisotopic (exact) mass is 337 g/mol.